The van der Waals surface area contributed by atoms with Crippen molar-refractivity contribution in [3.63, 3.8) is 0 Å². The third-order valence-electron chi connectivity index (χ3n) is 2.35. The first-order valence-corrected chi connectivity index (χ1v) is 5.89. The topological polar surface area (TPSA) is 67.4 Å². The van der Waals surface area contributed by atoms with Crippen LogP contribution in [0.25, 0.3) is 0 Å². The Balaban J connectivity index is 2.52. The molecule has 5 nitrogen and oxygen atoms in total. The second-order valence-electron chi connectivity index (χ2n) is 3.88. The molecule has 0 spiro atoms. The summed E-state index contributed by atoms with van der Waals surface area (Å²) in [6, 6.07) is 3.04. The van der Waals surface area contributed by atoms with Crippen molar-refractivity contribution in [2.24, 2.45) is 5.92 Å². The molecule has 0 aliphatic rings. The summed E-state index contributed by atoms with van der Waals surface area (Å²) in [6.07, 6.45) is 0. The molecule has 0 saturated carbocycles. The Bertz CT molecular complexity index is 482. The van der Waals surface area contributed by atoms with Crippen molar-refractivity contribution < 1.29 is 18.7 Å². The number of carbonyl (C=O) groups excluding carboxylic acids is 2. The number of hydrogen-bond donors (Lipinski definition) is 2. The molecule has 0 aliphatic carbocycles. The van der Waals surface area contributed by atoms with Crippen molar-refractivity contribution in [3.05, 3.63) is 29.0 Å². The minimum absolute atomic E-state index is 0.103. The smallest absolute Gasteiger partial charge is 0.319 e. The first kappa shape index (κ1) is 15.2. The number of hydrogen-bond acceptors (Lipinski definition) is 3. The summed E-state index contributed by atoms with van der Waals surface area (Å²) in [7, 11) is 1.27. The fourth-order valence-electron chi connectivity index (χ4n) is 1.29. The van der Waals surface area contributed by atoms with E-state index in [4.69, 9.17) is 11.6 Å². The number of carbonyl (C=O) groups is 2. The number of halogens is 2. The zero-order valence-electron chi connectivity index (χ0n) is 10.5. The molecule has 1 atom stereocenters. The first-order valence-electron chi connectivity index (χ1n) is 5.51. The van der Waals surface area contributed by atoms with Crippen molar-refractivity contribution in [1.82, 2.24) is 5.32 Å². The first-order chi connectivity index (χ1) is 8.93. The van der Waals surface area contributed by atoms with E-state index in [2.05, 4.69) is 15.4 Å². The number of rotatable bonds is 4. The standard InChI is InChI=1S/C12H14ClFN2O3/c1-7(11(17)19-2)6-15-12(18)16-10-5-8(14)3-4-9(10)13/h3-5,7H,6H2,1-2H3,(H2,15,16,18)/t7-/m1/s1. The Labute approximate surface area is 115 Å². The molecular formula is C12H14ClFN2O3. The van der Waals surface area contributed by atoms with Gasteiger partial charge in [-0.05, 0) is 18.2 Å². The third-order valence-corrected chi connectivity index (χ3v) is 2.68. The van der Waals surface area contributed by atoms with Gasteiger partial charge in [0.05, 0.1) is 23.7 Å². The summed E-state index contributed by atoms with van der Waals surface area (Å²) in [5.41, 5.74) is 0.157. The molecule has 0 unspecified atom stereocenters. The highest BCUT2D eigenvalue weighted by Gasteiger charge is 2.14. The number of amides is 2. The van der Waals surface area contributed by atoms with E-state index < -0.39 is 23.7 Å². The van der Waals surface area contributed by atoms with E-state index in [0.717, 1.165) is 6.07 Å². The van der Waals surface area contributed by atoms with Crippen LogP contribution in [-0.4, -0.2) is 25.7 Å². The molecule has 1 aromatic carbocycles. The van der Waals surface area contributed by atoms with Crippen molar-refractivity contribution in [2.45, 2.75) is 6.92 Å². The average molecular weight is 289 g/mol. The molecule has 104 valence electrons. The van der Waals surface area contributed by atoms with Gasteiger partial charge in [0.25, 0.3) is 0 Å². The zero-order valence-corrected chi connectivity index (χ0v) is 11.3. The van der Waals surface area contributed by atoms with Crippen LogP contribution in [0.2, 0.25) is 5.02 Å². The van der Waals surface area contributed by atoms with E-state index in [9.17, 15) is 14.0 Å². The summed E-state index contributed by atoms with van der Waals surface area (Å²) in [4.78, 5) is 22.7. The lowest BCUT2D eigenvalue weighted by Crippen LogP contribution is -2.35. The quantitative estimate of drug-likeness (QED) is 0.836. The SMILES string of the molecule is COC(=O)[C@H](C)CNC(=O)Nc1cc(F)ccc1Cl. The van der Waals surface area contributed by atoms with Gasteiger partial charge in [0, 0.05) is 6.54 Å². The number of urea groups is 1. The molecule has 0 aromatic heterocycles. The van der Waals surface area contributed by atoms with E-state index in [1.807, 2.05) is 0 Å². The highest BCUT2D eigenvalue weighted by atomic mass is 35.5. The van der Waals surface area contributed by atoms with Gasteiger partial charge in [-0.2, -0.15) is 0 Å². The minimum Gasteiger partial charge on any atom is -0.469 e. The maximum absolute atomic E-state index is 13.0. The summed E-state index contributed by atoms with van der Waals surface area (Å²) in [5, 5.41) is 5.07. The van der Waals surface area contributed by atoms with E-state index in [-0.39, 0.29) is 17.3 Å². The molecule has 2 N–H and O–H groups in total. The lowest BCUT2D eigenvalue weighted by atomic mass is 10.2. The van der Waals surface area contributed by atoms with E-state index >= 15 is 0 Å². The van der Waals surface area contributed by atoms with Gasteiger partial charge in [-0.25, -0.2) is 9.18 Å². The average Bonchev–Trinajstić information content (AvgIpc) is 2.39. The fourth-order valence-corrected chi connectivity index (χ4v) is 1.45. The highest BCUT2D eigenvalue weighted by molar-refractivity contribution is 6.33. The van der Waals surface area contributed by atoms with Crippen molar-refractivity contribution in [2.75, 3.05) is 19.0 Å². The predicted molar refractivity (Wildman–Crippen MR) is 69.6 cm³/mol. The number of nitrogens with one attached hydrogen (secondary N) is 2. The third kappa shape index (κ3) is 4.75. The zero-order chi connectivity index (χ0) is 14.4. The van der Waals surface area contributed by atoms with Crippen LogP contribution in [0.3, 0.4) is 0 Å². The molecule has 0 heterocycles. The number of ether oxygens (including phenoxy) is 1. The Kier molecular flexibility index (Phi) is 5.57. The van der Waals surface area contributed by atoms with Gasteiger partial charge >= 0.3 is 12.0 Å². The Hall–Kier alpha value is -1.82. The molecule has 7 heteroatoms. The van der Waals surface area contributed by atoms with Crippen LogP contribution in [0, 0.1) is 11.7 Å². The van der Waals surface area contributed by atoms with Gasteiger partial charge < -0.3 is 15.4 Å². The van der Waals surface area contributed by atoms with Crippen LogP contribution < -0.4 is 10.6 Å². The Morgan fingerprint density at radius 3 is 2.79 bits per heavy atom. The molecule has 1 aromatic rings. The molecule has 0 bridgehead atoms. The second-order valence-corrected chi connectivity index (χ2v) is 4.29. The maximum Gasteiger partial charge on any atom is 0.319 e. The lowest BCUT2D eigenvalue weighted by molar-refractivity contribution is -0.144. The molecular weight excluding hydrogens is 275 g/mol. The number of esters is 1. The molecule has 2 amide bonds. The molecule has 0 aliphatic heterocycles. The highest BCUT2D eigenvalue weighted by Crippen LogP contribution is 2.22. The van der Waals surface area contributed by atoms with Gasteiger partial charge in [0.1, 0.15) is 5.82 Å². The largest absolute Gasteiger partial charge is 0.469 e. The Morgan fingerprint density at radius 1 is 1.47 bits per heavy atom. The van der Waals surface area contributed by atoms with Crippen molar-refractivity contribution in [1.29, 1.82) is 0 Å². The van der Waals surface area contributed by atoms with Gasteiger partial charge in [-0.15, -0.1) is 0 Å². The van der Waals surface area contributed by atoms with E-state index in [1.54, 1.807) is 6.92 Å². The summed E-state index contributed by atoms with van der Waals surface area (Å²) in [5.74, 6) is -1.41. The fraction of sp³-hybridized carbons (Fsp3) is 0.333. The van der Waals surface area contributed by atoms with E-state index in [0.29, 0.717) is 0 Å². The molecule has 1 rings (SSSR count). The summed E-state index contributed by atoms with van der Waals surface area (Å²) in [6.45, 7) is 1.71. The van der Waals surface area contributed by atoms with Crippen molar-refractivity contribution >= 4 is 29.3 Å². The Morgan fingerprint density at radius 2 is 2.16 bits per heavy atom. The van der Waals surface area contributed by atoms with Gasteiger partial charge in [-0.1, -0.05) is 18.5 Å². The van der Waals surface area contributed by atoms with Crippen LogP contribution in [0.15, 0.2) is 18.2 Å². The number of benzene rings is 1. The van der Waals surface area contributed by atoms with Gasteiger partial charge in [0.2, 0.25) is 0 Å². The van der Waals surface area contributed by atoms with Crippen LogP contribution in [0.4, 0.5) is 14.9 Å². The molecule has 19 heavy (non-hydrogen) atoms. The van der Waals surface area contributed by atoms with Crippen LogP contribution in [-0.2, 0) is 9.53 Å². The van der Waals surface area contributed by atoms with Gasteiger partial charge in [0.15, 0.2) is 0 Å². The molecule has 0 fully saturated rings. The summed E-state index contributed by atoms with van der Waals surface area (Å²) >= 11 is 5.79. The molecule has 0 saturated heterocycles. The normalized spacial score (nSPS) is 11.6. The second kappa shape index (κ2) is 6.94. The van der Waals surface area contributed by atoms with E-state index in [1.165, 1.54) is 19.2 Å². The maximum atomic E-state index is 13.0. The minimum atomic E-state index is -0.580. The van der Waals surface area contributed by atoms with Crippen LogP contribution in [0.1, 0.15) is 6.92 Å². The lowest BCUT2D eigenvalue weighted by Gasteiger charge is -2.12. The molecule has 0 radical (unpaired) electrons. The predicted octanol–water partition coefficient (Wildman–Crippen LogP) is 2.41. The monoisotopic (exact) mass is 288 g/mol. The number of anilines is 1. The number of methoxy groups -OCH3 is 1. The van der Waals surface area contributed by atoms with Gasteiger partial charge in [-0.3, -0.25) is 4.79 Å². The summed E-state index contributed by atoms with van der Waals surface area (Å²) < 4.78 is 17.5. The van der Waals surface area contributed by atoms with Crippen LogP contribution in [0.5, 0.6) is 0 Å². The van der Waals surface area contributed by atoms with Crippen LogP contribution >= 0.6 is 11.6 Å². The van der Waals surface area contributed by atoms with Crippen molar-refractivity contribution in [3.8, 4) is 0 Å².